The number of phenols is 1. The second kappa shape index (κ2) is 7.78. The molecule has 0 aliphatic carbocycles. The Morgan fingerprint density at radius 2 is 2.00 bits per heavy atom. The third-order valence-electron chi connectivity index (χ3n) is 3.14. The molecular formula is C17H17BrN2O3. The SMILES string of the molecule is Cc1cccc(C)c1OCC(=O)N/N=C\c1cc(Br)ccc1O. The maximum Gasteiger partial charge on any atom is 0.277 e. The second-order valence-electron chi connectivity index (χ2n) is 5.01. The van der Waals surface area contributed by atoms with E-state index in [-0.39, 0.29) is 18.3 Å². The van der Waals surface area contributed by atoms with Crippen LogP contribution in [-0.2, 0) is 4.79 Å². The average molecular weight is 377 g/mol. The molecular weight excluding hydrogens is 360 g/mol. The standard InChI is InChI=1S/C17H17BrN2O3/c1-11-4-3-5-12(2)17(11)23-10-16(22)20-19-9-13-8-14(18)6-7-15(13)21/h3-9,21H,10H2,1-2H3,(H,20,22)/b19-9-. The lowest BCUT2D eigenvalue weighted by atomic mass is 10.1. The van der Waals surface area contributed by atoms with Gasteiger partial charge in [-0.25, -0.2) is 5.43 Å². The van der Waals surface area contributed by atoms with Crippen molar-refractivity contribution in [2.75, 3.05) is 6.61 Å². The molecule has 0 unspecified atom stereocenters. The molecule has 2 N–H and O–H groups in total. The number of benzene rings is 2. The third kappa shape index (κ3) is 4.82. The molecule has 0 atom stereocenters. The van der Waals surface area contributed by atoms with E-state index in [4.69, 9.17) is 4.74 Å². The number of aryl methyl sites for hydroxylation is 2. The van der Waals surface area contributed by atoms with Crippen LogP contribution in [0, 0.1) is 13.8 Å². The number of nitrogens with zero attached hydrogens (tertiary/aromatic N) is 1. The van der Waals surface area contributed by atoms with Gasteiger partial charge in [-0.05, 0) is 43.2 Å². The van der Waals surface area contributed by atoms with Gasteiger partial charge in [-0.1, -0.05) is 34.1 Å². The molecule has 2 aromatic carbocycles. The molecule has 0 aliphatic rings. The zero-order valence-electron chi connectivity index (χ0n) is 12.8. The number of aromatic hydroxyl groups is 1. The highest BCUT2D eigenvalue weighted by molar-refractivity contribution is 9.10. The predicted octanol–water partition coefficient (Wildman–Crippen LogP) is 3.30. The third-order valence-corrected chi connectivity index (χ3v) is 3.63. The molecule has 6 heteroatoms. The van der Waals surface area contributed by atoms with Gasteiger partial charge in [0.2, 0.25) is 0 Å². The Labute approximate surface area is 143 Å². The summed E-state index contributed by atoms with van der Waals surface area (Å²) < 4.78 is 6.34. The summed E-state index contributed by atoms with van der Waals surface area (Å²) in [6.07, 6.45) is 1.37. The van der Waals surface area contributed by atoms with Gasteiger partial charge in [-0.3, -0.25) is 4.79 Å². The van der Waals surface area contributed by atoms with Crippen LogP contribution in [0.4, 0.5) is 0 Å². The van der Waals surface area contributed by atoms with E-state index in [1.807, 2.05) is 32.0 Å². The molecule has 0 bridgehead atoms. The Balaban J connectivity index is 1.90. The van der Waals surface area contributed by atoms with Gasteiger partial charge in [0.25, 0.3) is 5.91 Å². The summed E-state index contributed by atoms with van der Waals surface area (Å²) in [5.74, 6) is 0.410. The van der Waals surface area contributed by atoms with E-state index in [0.717, 1.165) is 15.6 Å². The molecule has 2 rings (SSSR count). The number of halogens is 1. The maximum atomic E-state index is 11.8. The topological polar surface area (TPSA) is 70.9 Å². The van der Waals surface area contributed by atoms with Crippen LogP contribution in [0.2, 0.25) is 0 Å². The largest absolute Gasteiger partial charge is 0.507 e. The minimum atomic E-state index is -0.376. The van der Waals surface area contributed by atoms with Crippen molar-refractivity contribution in [1.82, 2.24) is 5.43 Å². The second-order valence-corrected chi connectivity index (χ2v) is 5.92. The maximum absolute atomic E-state index is 11.8. The number of amides is 1. The van der Waals surface area contributed by atoms with Crippen molar-refractivity contribution in [1.29, 1.82) is 0 Å². The van der Waals surface area contributed by atoms with Gasteiger partial charge in [-0.15, -0.1) is 0 Å². The van der Waals surface area contributed by atoms with E-state index in [1.165, 1.54) is 12.3 Å². The Kier molecular flexibility index (Phi) is 5.76. The number of carbonyl (C=O) groups is 1. The molecule has 0 fully saturated rings. The van der Waals surface area contributed by atoms with Gasteiger partial charge >= 0.3 is 0 Å². The van der Waals surface area contributed by atoms with E-state index in [0.29, 0.717) is 11.3 Å². The van der Waals surface area contributed by atoms with Gasteiger partial charge in [0.05, 0.1) is 6.21 Å². The summed E-state index contributed by atoms with van der Waals surface area (Å²) >= 11 is 3.30. The van der Waals surface area contributed by atoms with Crippen LogP contribution in [0.25, 0.3) is 0 Å². The molecule has 5 nitrogen and oxygen atoms in total. The summed E-state index contributed by atoms with van der Waals surface area (Å²) in [7, 11) is 0. The summed E-state index contributed by atoms with van der Waals surface area (Å²) in [6, 6.07) is 10.7. The number of hydrogen-bond acceptors (Lipinski definition) is 4. The smallest absolute Gasteiger partial charge is 0.277 e. The number of hydrogen-bond donors (Lipinski definition) is 2. The van der Waals surface area contributed by atoms with Crippen molar-refractivity contribution in [3.63, 3.8) is 0 Å². The van der Waals surface area contributed by atoms with E-state index >= 15 is 0 Å². The van der Waals surface area contributed by atoms with Crippen LogP contribution in [0.5, 0.6) is 11.5 Å². The number of rotatable bonds is 5. The number of ether oxygens (including phenoxy) is 1. The number of carbonyl (C=O) groups excluding carboxylic acids is 1. The van der Waals surface area contributed by atoms with E-state index in [9.17, 15) is 9.90 Å². The molecule has 0 aromatic heterocycles. The quantitative estimate of drug-likeness (QED) is 0.621. The van der Waals surface area contributed by atoms with Crippen molar-refractivity contribution in [3.05, 3.63) is 57.6 Å². The molecule has 0 aliphatic heterocycles. The first-order chi connectivity index (χ1) is 11.0. The Bertz CT molecular complexity index is 724. The molecule has 0 saturated heterocycles. The lowest BCUT2D eigenvalue weighted by molar-refractivity contribution is -0.123. The Morgan fingerprint density at radius 1 is 1.30 bits per heavy atom. The summed E-state index contributed by atoms with van der Waals surface area (Å²) in [5.41, 5.74) is 4.81. The zero-order valence-corrected chi connectivity index (χ0v) is 14.4. The van der Waals surface area contributed by atoms with Gasteiger partial charge in [0.1, 0.15) is 11.5 Å². The number of nitrogens with one attached hydrogen (secondary N) is 1. The molecule has 1 amide bonds. The Hall–Kier alpha value is -2.34. The van der Waals surface area contributed by atoms with Crippen molar-refractivity contribution in [3.8, 4) is 11.5 Å². The molecule has 0 saturated carbocycles. The first kappa shape index (κ1) is 17.0. The fourth-order valence-electron chi connectivity index (χ4n) is 2.00. The van der Waals surface area contributed by atoms with E-state index in [1.54, 1.807) is 12.1 Å². The van der Waals surface area contributed by atoms with Crippen molar-refractivity contribution < 1.29 is 14.6 Å². The fraction of sp³-hybridized carbons (Fsp3) is 0.176. The number of hydrazone groups is 1. The number of phenolic OH excluding ortho intramolecular Hbond substituents is 1. The van der Waals surface area contributed by atoms with Crippen LogP contribution >= 0.6 is 15.9 Å². The van der Waals surface area contributed by atoms with Gasteiger partial charge in [-0.2, -0.15) is 5.10 Å². The predicted molar refractivity (Wildman–Crippen MR) is 93.0 cm³/mol. The van der Waals surface area contributed by atoms with E-state index in [2.05, 4.69) is 26.5 Å². The van der Waals surface area contributed by atoms with Crippen LogP contribution in [0.3, 0.4) is 0 Å². The minimum absolute atomic E-state index is 0.0815. The molecule has 0 radical (unpaired) electrons. The zero-order chi connectivity index (χ0) is 16.8. The summed E-state index contributed by atoms with van der Waals surface area (Å²) in [6.45, 7) is 3.72. The highest BCUT2D eigenvalue weighted by Gasteiger charge is 2.06. The fourth-order valence-corrected chi connectivity index (χ4v) is 2.38. The van der Waals surface area contributed by atoms with Gasteiger partial charge < -0.3 is 9.84 Å². The molecule has 0 spiro atoms. The molecule has 120 valence electrons. The van der Waals surface area contributed by atoms with Crippen molar-refractivity contribution in [2.45, 2.75) is 13.8 Å². The van der Waals surface area contributed by atoms with Crippen molar-refractivity contribution >= 4 is 28.1 Å². The normalized spacial score (nSPS) is 10.7. The Morgan fingerprint density at radius 3 is 2.70 bits per heavy atom. The van der Waals surface area contributed by atoms with Gasteiger partial charge in [0, 0.05) is 10.0 Å². The lowest BCUT2D eigenvalue weighted by Crippen LogP contribution is -2.25. The van der Waals surface area contributed by atoms with Crippen LogP contribution in [-0.4, -0.2) is 23.8 Å². The van der Waals surface area contributed by atoms with Gasteiger partial charge in [0.15, 0.2) is 6.61 Å². The number of para-hydroxylation sites is 1. The van der Waals surface area contributed by atoms with Crippen LogP contribution < -0.4 is 10.2 Å². The molecule has 0 heterocycles. The first-order valence-electron chi connectivity index (χ1n) is 6.97. The minimum Gasteiger partial charge on any atom is -0.507 e. The average Bonchev–Trinajstić information content (AvgIpc) is 2.50. The van der Waals surface area contributed by atoms with Crippen LogP contribution in [0.1, 0.15) is 16.7 Å². The summed E-state index contributed by atoms with van der Waals surface area (Å²) in [5, 5.41) is 13.5. The van der Waals surface area contributed by atoms with E-state index < -0.39 is 0 Å². The highest BCUT2D eigenvalue weighted by Crippen LogP contribution is 2.22. The van der Waals surface area contributed by atoms with Crippen LogP contribution in [0.15, 0.2) is 46.0 Å². The lowest BCUT2D eigenvalue weighted by Gasteiger charge is -2.10. The van der Waals surface area contributed by atoms with Crippen molar-refractivity contribution in [2.24, 2.45) is 5.10 Å². The molecule has 2 aromatic rings. The highest BCUT2D eigenvalue weighted by atomic mass is 79.9. The molecule has 23 heavy (non-hydrogen) atoms. The monoisotopic (exact) mass is 376 g/mol. The summed E-state index contributed by atoms with van der Waals surface area (Å²) in [4.78, 5) is 11.8. The first-order valence-corrected chi connectivity index (χ1v) is 7.76.